The van der Waals surface area contributed by atoms with Crippen LogP contribution in [-0.4, -0.2) is 4.57 Å². The molecule has 0 saturated carbocycles. The molecule has 0 radical (unpaired) electrons. The van der Waals surface area contributed by atoms with Gasteiger partial charge in [0.2, 0.25) is 0 Å². The summed E-state index contributed by atoms with van der Waals surface area (Å²) in [5.74, 6) is 0. The van der Waals surface area contributed by atoms with E-state index in [-0.39, 0.29) is 0 Å². The molecule has 72 valence electrons. The Morgan fingerprint density at radius 1 is 1.36 bits per heavy atom. The molecule has 0 unspecified atom stereocenters. The molecule has 2 rings (SSSR count). The number of fused-ring (bicyclic) bond motifs is 1. The highest BCUT2D eigenvalue weighted by Crippen LogP contribution is 2.20. The third-order valence-corrected chi connectivity index (χ3v) is 2.43. The number of aromatic nitrogens is 1. The van der Waals surface area contributed by atoms with Crippen molar-refractivity contribution < 1.29 is 0 Å². The molecule has 0 N–H and O–H groups in total. The van der Waals surface area contributed by atoms with Crippen LogP contribution in [0.4, 0.5) is 0 Å². The Labute approximate surface area is 84.7 Å². The van der Waals surface area contributed by atoms with Crippen LogP contribution in [0, 0.1) is 6.92 Å². The summed E-state index contributed by atoms with van der Waals surface area (Å²) < 4.78 is 2.26. The Hall–Kier alpha value is -1.50. The Morgan fingerprint density at radius 2 is 2.14 bits per heavy atom. The molecule has 1 aromatic carbocycles. The molecule has 0 saturated heterocycles. The van der Waals surface area contributed by atoms with E-state index < -0.39 is 0 Å². The van der Waals surface area contributed by atoms with Crippen molar-refractivity contribution in [2.24, 2.45) is 0 Å². The van der Waals surface area contributed by atoms with E-state index in [0.29, 0.717) is 0 Å². The second-order valence-electron chi connectivity index (χ2n) is 3.91. The second-order valence-corrected chi connectivity index (χ2v) is 3.91. The summed E-state index contributed by atoms with van der Waals surface area (Å²) in [5, 5.41) is 1.31. The van der Waals surface area contributed by atoms with Crippen LogP contribution in [0.2, 0.25) is 0 Å². The molecule has 0 fully saturated rings. The molecule has 1 heteroatoms. The lowest BCUT2D eigenvalue weighted by Gasteiger charge is -2.06. The van der Waals surface area contributed by atoms with Gasteiger partial charge in [0.05, 0.1) is 5.52 Å². The molecule has 14 heavy (non-hydrogen) atoms. The summed E-state index contributed by atoms with van der Waals surface area (Å²) in [7, 11) is 0. The molecule has 2 aromatic rings. The number of allylic oxidation sites excluding steroid dienone is 1. The summed E-state index contributed by atoms with van der Waals surface area (Å²) in [5.41, 5.74) is 3.84. The zero-order chi connectivity index (χ0) is 10.1. The molecule has 1 nitrogen and oxygen atoms in total. The first-order chi connectivity index (χ1) is 6.68. The van der Waals surface area contributed by atoms with Gasteiger partial charge in [0, 0.05) is 12.7 Å². The van der Waals surface area contributed by atoms with Crippen LogP contribution in [0.15, 0.2) is 42.6 Å². The van der Waals surface area contributed by atoms with Gasteiger partial charge in [0.15, 0.2) is 0 Å². The molecular weight excluding hydrogens is 170 g/mol. The van der Waals surface area contributed by atoms with E-state index in [1.807, 2.05) is 0 Å². The van der Waals surface area contributed by atoms with Gasteiger partial charge in [0.1, 0.15) is 0 Å². The van der Waals surface area contributed by atoms with Crippen molar-refractivity contribution in [1.29, 1.82) is 0 Å². The SMILES string of the molecule is C=C(C)Cn1ccc2cccc(C)c21. The normalized spacial score (nSPS) is 10.7. The van der Waals surface area contributed by atoms with E-state index in [1.165, 1.54) is 22.0 Å². The van der Waals surface area contributed by atoms with Crippen LogP contribution in [0.3, 0.4) is 0 Å². The second kappa shape index (κ2) is 3.33. The lowest BCUT2D eigenvalue weighted by atomic mass is 10.2. The molecular formula is C13H15N. The van der Waals surface area contributed by atoms with Crippen LogP contribution >= 0.6 is 0 Å². The Morgan fingerprint density at radius 3 is 2.86 bits per heavy atom. The minimum Gasteiger partial charge on any atom is -0.343 e. The largest absolute Gasteiger partial charge is 0.343 e. The van der Waals surface area contributed by atoms with Crippen molar-refractivity contribution in [1.82, 2.24) is 4.57 Å². The predicted molar refractivity (Wildman–Crippen MR) is 61.5 cm³/mol. The van der Waals surface area contributed by atoms with E-state index in [2.05, 4.69) is 55.5 Å². The molecule has 0 spiro atoms. The van der Waals surface area contributed by atoms with Crippen molar-refractivity contribution in [2.75, 3.05) is 0 Å². The number of hydrogen-bond donors (Lipinski definition) is 0. The van der Waals surface area contributed by atoms with E-state index in [9.17, 15) is 0 Å². The molecule has 1 heterocycles. The fraction of sp³-hybridized carbons (Fsp3) is 0.231. The highest BCUT2D eigenvalue weighted by Gasteiger charge is 2.02. The Balaban J connectivity index is 2.61. The number of hydrogen-bond acceptors (Lipinski definition) is 0. The van der Waals surface area contributed by atoms with Gasteiger partial charge in [-0.05, 0) is 30.9 Å². The minimum absolute atomic E-state index is 0.911. The molecule has 0 aliphatic rings. The fourth-order valence-electron chi connectivity index (χ4n) is 1.88. The first-order valence-electron chi connectivity index (χ1n) is 4.87. The van der Waals surface area contributed by atoms with Crippen molar-refractivity contribution in [3.63, 3.8) is 0 Å². The average molecular weight is 185 g/mol. The van der Waals surface area contributed by atoms with Gasteiger partial charge in [-0.1, -0.05) is 30.4 Å². The van der Waals surface area contributed by atoms with Gasteiger partial charge >= 0.3 is 0 Å². The quantitative estimate of drug-likeness (QED) is 0.631. The van der Waals surface area contributed by atoms with Crippen LogP contribution in [0.1, 0.15) is 12.5 Å². The van der Waals surface area contributed by atoms with E-state index in [4.69, 9.17) is 0 Å². The van der Waals surface area contributed by atoms with E-state index >= 15 is 0 Å². The number of aryl methyl sites for hydroxylation is 1. The molecule has 0 aliphatic carbocycles. The number of para-hydroxylation sites is 1. The monoisotopic (exact) mass is 185 g/mol. The highest BCUT2D eigenvalue weighted by atomic mass is 15.0. The number of rotatable bonds is 2. The van der Waals surface area contributed by atoms with E-state index in [0.717, 1.165) is 6.54 Å². The van der Waals surface area contributed by atoms with Gasteiger partial charge in [0.25, 0.3) is 0 Å². The third kappa shape index (κ3) is 1.46. The Bertz CT molecular complexity index is 477. The molecule has 0 bridgehead atoms. The molecule has 0 amide bonds. The smallest absolute Gasteiger partial charge is 0.0512 e. The molecule has 0 atom stereocenters. The fourth-order valence-corrected chi connectivity index (χ4v) is 1.88. The maximum Gasteiger partial charge on any atom is 0.0512 e. The first-order valence-corrected chi connectivity index (χ1v) is 4.87. The van der Waals surface area contributed by atoms with Crippen LogP contribution < -0.4 is 0 Å². The predicted octanol–water partition coefficient (Wildman–Crippen LogP) is 3.53. The molecule has 1 aromatic heterocycles. The lowest BCUT2D eigenvalue weighted by Crippen LogP contribution is -1.97. The lowest BCUT2D eigenvalue weighted by molar-refractivity contribution is 0.820. The maximum atomic E-state index is 3.95. The minimum atomic E-state index is 0.911. The maximum absolute atomic E-state index is 3.95. The third-order valence-electron chi connectivity index (χ3n) is 2.43. The zero-order valence-electron chi connectivity index (χ0n) is 8.75. The summed E-state index contributed by atoms with van der Waals surface area (Å²) in [6.07, 6.45) is 2.13. The highest BCUT2D eigenvalue weighted by molar-refractivity contribution is 5.83. The van der Waals surface area contributed by atoms with Gasteiger partial charge in [-0.3, -0.25) is 0 Å². The van der Waals surface area contributed by atoms with Gasteiger partial charge in [-0.25, -0.2) is 0 Å². The summed E-state index contributed by atoms with van der Waals surface area (Å²) in [6, 6.07) is 8.56. The van der Waals surface area contributed by atoms with Crippen molar-refractivity contribution in [3.05, 3.63) is 48.2 Å². The van der Waals surface area contributed by atoms with Crippen LogP contribution in [0.25, 0.3) is 10.9 Å². The average Bonchev–Trinajstić information content (AvgIpc) is 2.49. The van der Waals surface area contributed by atoms with Gasteiger partial charge < -0.3 is 4.57 Å². The van der Waals surface area contributed by atoms with Gasteiger partial charge in [-0.15, -0.1) is 0 Å². The standard InChI is InChI=1S/C13H15N/c1-10(2)9-14-8-7-12-6-4-5-11(3)13(12)14/h4-8H,1,9H2,2-3H3. The summed E-state index contributed by atoms with van der Waals surface area (Å²) >= 11 is 0. The number of nitrogens with zero attached hydrogens (tertiary/aromatic N) is 1. The summed E-state index contributed by atoms with van der Waals surface area (Å²) in [6.45, 7) is 9.07. The molecule has 0 aliphatic heterocycles. The van der Waals surface area contributed by atoms with Gasteiger partial charge in [-0.2, -0.15) is 0 Å². The summed E-state index contributed by atoms with van der Waals surface area (Å²) in [4.78, 5) is 0. The Kier molecular flexibility index (Phi) is 2.16. The van der Waals surface area contributed by atoms with E-state index in [1.54, 1.807) is 0 Å². The van der Waals surface area contributed by atoms with Crippen molar-refractivity contribution in [3.8, 4) is 0 Å². The topological polar surface area (TPSA) is 4.93 Å². The first kappa shape index (κ1) is 9.07. The zero-order valence-corrected chi connectivity index (χ0v) is 8.75. The van der Waals surface area contributed by atoms with Crippen LogP contribution in [0.5, 0.6) is 0 Å². The van der Waals surface area contributed by atoms with Crippen LogP contribution in [-0.2, 0) is 6.54 Å². The van der Waals surface area contributed by atoms with Crippen molar-refractivity contribution in [2.45, 2.75) is 20.4 Å². The number of benzene rings is 1. The van der Waals surface area contributed by atoms with Crippen molar-refractivity contribution >= 4 is 10.9 Å².